The van der Waals surface area contributed by atoms with Gasteiger partial charge in [0.05, 0.1) is 6.54 Å². The lowest BCUT2D eigenvalue weighted by Crippen LogP contribution is -2.30. The van der Waals surface area contributed by atoms with Gasteiger partial charge in [-0.3, -0.25) is 14.3 Å². The van der Waals surface area contributed by atoms with Crippen LogP contribution in [0, 0.1) is 12.8 Å². The third-order valence-electron chi connectivity index (χ3n) is 6.62. The zero-order valence-corrected chi connectivity index (χ0v) is 21.9. The van der Waals surface area contributed by atoms with Gasteiger partial charge in [-0.1, -0.05) is 35.9 Å². The lowest BCUT2D eigenvalue weighted by molar-refractivity contribution is -0.141. The fraction of sp³-hybridized carbons (Fsp3) is 0.308. The summed E-state index contributed by atoms with van der Waals surface area (Å²) in [7, 11) is 0. The van der Waals surface area contributed by atoms with E-state index in [1.807, 2.05) is 35.8 Å². The number of nitrogens with zero attached hydrogens (tertiary/aromatic N) is 4. The summed E-state index contributed by atoms with van der Waals surface area (Å²) in [5, 5.41) is 12.9. The quantitative estimate of drug-likeness (QED) is 0.339. The highest BCUT2D eigenvalue weighted by atomic mass is 35.5. The van der Waals surface area contributed by atoms with Gasteiger partial charge in [0.25, 0.3) is 0 Å². The molecule has 4 aromatic rings. The zero-order valence-electron chi connectivity index (χ0n) is 20.3. The highest BCUT2D eigenvalue weighted by Crippen LogP contribution is 2.42. The second-order valence-corrected chi connectivity index (χ2v) is 10.6. The molecule has 0 spiro atoms. The molecule has 0 radical (unpaired) electrons. The molecule has 3 heterocycles. The van der Waals surface area contributed by atoms with Crippen LogP contribution in [-0.2, 0) is 43.3 Å². The molecule has 1 aromatic carbocycles. The Kier molecular flexibility index (Phi) is 7.26. The van der Waals surface area contributed by atoms with Crippen LogP contribution in [0.25, 0.3) is 5.00 Å². The molecule has 1 amide bonds. The topological polar surface area (TPSA) is 98.7 Å². The smallest absolute Gasteiger partial charge is 0.352 e. The molecule has 0 saturated heterocycles. The van der Waals surface area contributed by atoms with E-state index in [4.69, 9.17) is 17.3 Å². The highest BCUT2D eigenvalue weighted by molar-refractivity contribution is 7.15. The van der Waals surface area contributed by atoms with E-state index < -0.39 is 11.9 Å². The fourth-order valence-electron chi connectivity index (χ4n) is 4.69. The Morgan fingerprint density at radius 3 is 2.68 bits per heavy atom. The maximum atomic E-state index is 13.0. The summed E-state index contributed by atoms with van der Waals surface area (Å²) in [6.45, 7) is 2.22. The van der Waals surface area contributed by atoms with Gasteiger partial charge in [0.15, 0.2) is 5.82 Å². The summed E-state index contributed by atoms with van der Waals surface area (Å²) in [6, 6.07) is 9.90. The number of halogens is 4. The van der Waals surface area contributed by atoms with Crippen molar-refractivity contribution < 1.29 is 18.0 Å². The Morgan fingerprint density at radius 2 is 2.00 bits per heavy atom. The number of nitrogens with two attached hydrogens (primary N) is 1. The van der Waals surface area contributed by atoms with Crippen molar-refractivity contribution in [2.45, 2.75) is 45.5 Å². The lowest BCUT2D eigenvalue weighted by atomic mass is 9.99. The van der Waals surface area contributed by atoms with Crippen molar-refractivity contribution in [3.05, 3.63) is 92.1 Å². The number of thiophene rings is 1. The molecule has 12 heteroatoms. The number of hydrogen-bond donors (Lipinski definition) is 2. The first-order valence-electron chi connectivity index (χ1n) is 11.9. The highest BCUT2D eigenvalue weighted by Gasteiger charge is 2.34. The van der Waals surface area contributed by atoms with Crippen molar-refractivity contribution in [3.8, 4) is 5.00 Å². The van der Waals surface area contributed by atoms with Crippen LogP contribution in [0.5, 0.6) is 0 Å². The molecule has 198 valence electrons. The van der Waals surface area contributed by atoms with Crippen molar-refractivity contribution >= 4 is 28.8 Å². The Balaban J connectivity index is 1.37. The van der Waals surface area contributed by atoms with Crippen LogP contribution < -0.4 is 11.1 Å². The van der Waals surface area contributed by atoms with Crippen molar-refractivity contribution in [2.24, 2.45) is 11.7 Å². The molecule has 0 saturated carbocycles. The van der Waals surface area contributed by atoms with E-state index in [0.717, 1.165) is 44.7 Å². The van der Waals surface area contributed by atoms with Gasteiger partial charge in [-0.05, 0) is 54.2 Å². The molecule has 3 aromatic heterocycles. The van der Waals surface area contributed by atoms with Gasteiger partial charge in [-0.2, -0.15) is 13.2 Å². The number of alkyl halides is 3. The molecular formula is C26H24ClF3N6OS. The number of pyridine rings is 1. The third kappa shape index (κ3) is 5.18. The number of amides is 1. The van der Waals surface area contributed by atoms with E-state index in [1.165, 1.54) is 6.07 Å². The van der Waals surface area contributed by atoms with Crippen molar-refractivity contribution in [2.75, 3.05) is 0 Å². The van der Waals surface area contributed by atoms with Crippen LogP contribution in [-0.4, -0.2) is 25.7 Å². The Bertz CT molecular complexity index is 1480. The predicted molar refractivity (Wildman–Crippen MR) is 138 cm³/mol. The van der Waals surface area contributed by atoms with Crippen LogP contribution in [0.15, 0.2) is 42.6 Å². The SMILES string of the molecule is Cc1nnc(CN)n1-c1sc2c(c1Cc1ccccc1Cl)C[C@H](C(=O)NCc1ccc(C(F)(F)F)nc1)C2. The largest absolute Gasteiger partial charge is 0.433 e. The van der Waals surface area contributed by atoms with E-state index in [9.17, 15) is 18.0 Å². The molecule has 0 unspecified atom stereocenters. The van der Waals surface area contributed by atoms with Gasteiger partial charge >= 0.3 is 6.18 Å². The van der Waals surface area contributed by atoms with Crippen LogP contribution in [0.3, 0.4) is 0 Å². The maximum absolute atomic E-state index is 13.0. The molecule has 1 aliphatic carbocycles. The molecule has 3 N–H and O–H groups in total. The van der Waals surface area contributed by atoms with E-state index >= 15 is 0 Å². The minimum atomic E-state index is -4.50. The molecule has 5 rings (SSSR count). The summed E-state index contributed by atoms with van der Waals surface area (Å²) in [4.78, 5) is 17.6. The third-order valence-corrected chi connectivity index (χ3v) is 8.27. The molecule has 0 bridgehead atoms. The number of aryl methyl sites for hydroxylation is 1. The van der Waals surface area contributed by atoms with Crippen LogP contribution in [0.2, 0.25) is 5.02 Å². The second-order valence-electron chi connectivity index (χ2n) is 9.13. The summed E-state index contributed by atoms with van der Waals surface area (Å²) < 4.78 is 40.3. The minimum absolute atomic E-state index is 0.103. The van der Waals surface area contributed by atoms with Gasteiger partial charge in [0, 0.05) is 35.0 Å². The van der Waals surface area contributed by atoms with Gasteiger partial charge in [-0.25, -0.2) is 0 Å². The van der Waals surface area contributed by atoms with E-state index in [-0.39, 0.29) is 24.9 Å². The molecule has 1 aliphatic rings. The number of fused-ring (bicyclic) bond motifs is 1. The Morgan fingerprint density at radius 1 is 1.21 bits per heavy atom. The fourth-order valence-corrected chi connectivity index (χ4v) is 6.39. The van der Waals surface area contributed by atoms with Gasteiger partial charge in [0.2, 0.25) is 5.91 Å². The lowest BCUT2D eigenvalue weighted by Gasteiger charge is -2.14. The number of carbonyl (C=O) groups excluding carboxylic acids is 1. The predicted octanol–water partition coefficient (Wildman–Crippen LogP) is 4.79. The number of rotatable bonds is 7. The molecule has 38 heavy (non-hydrogen) atoms. The molecule has 0 aliphatic heterocycles. The average Bonchev–Trinajstić information content (AvgIpc) is 3.56. The Hall–Kier alpha value is -3.28. The molecule has 1 atom stereocenters. The monoisotopic (exact) mass is 560 g/mol. The summed E-state index contributed by atoms with van der Waals surface area (Å²) in [6.07, 6.45) is -1.68. The van der Waals surface area contributed by atoms with Crippen LogP contribution in [0.4, 0.5) is 13.2 Å². The number of benzene rings is 1. The molecule has 7 nitrogen and oxygen atoms in total. The second kappa shape index (κ2) is 10.5. The van der Waals surface area contributed by atoms with Gasteiger partial charge in [0.1, 0.15) is 16.5 Å². The first kappa shape index (κ1) is 26.3. The van der Waals surface area contributed by atoms with Crippen LogP contribution >= 0.6 is 22.9 Å². The van der Waals surface area contributed by atoms with Gasteiger partial charge < -0.3 is 11.1 Å². The number of aromatic nitrogens is 4. The van der Waals surface area contributed by atoms with E-state index in [1.54, 1.807) is 11.3 Å². The first-order valence-corrected chi connectivity index (χ1v) is 13.1. The number of nitrogens with one attached hydrogen (secondary N) is 1. The van der Waals surface area contributed by atoms with Gasteiger partial charge in [-0.15, -0.1) is 21.5 Å². The van der Waals surface area contributed by atoms with E-state index in [2.05, 4.69) is 20.5 Å². The van der Waals surface area contributed by atoms with Crippen LogP contribution in [0.1, 0.15) is 44.5 Å². The summed E-state index contributed by atoms with van der Waals surface area (Å²) >= 11 is 8.10. The standard InChI is InChI=1S/C26H24ClF3N6OS/c1-14-34-35-23(11-31)36(14)25-19(8-16-4-2-3-5-20(16)27)18-9-17(10-21(18)38-25)24(37)33-13-15-6-7-22(32-12-15)26(28,29)30/h2-7,12,17H,8-11,13,31H2,1H3,(H,33,37)/t17-/m0/s1. The normalized spacial score (nSPS) is 15.1. The number of hydrogen-bond acceptors (Lipinski definition) is 6. The summed E-state index contributed by atoms with van der Waals surface area (Å²) in [5.41, 5.74) is 8.62. The van der Waals surface area contributed by atoms with Crippen molar-refractivity contribution in [3.63, 3.8) is 0 Å². The maximum Gasteiger partial charge on any atom is 0.433 e. The van der Waals surface area contributed by atoms with Crippen molar-refractivity contribution in [1.29, 1.82) is 0 Å². The van der Waals surface area contributed by atoms with Crippen molar-refractivity contribution in [1.82, 2.24) is 25.1 Å². The Labute approximate surface area is 225 Å². The minimum Gasteiger partial charge on any atom is -0.352 e. The summed E-state index contributed by atoms with van der Waals surface area (Å²) in [5.74, 6) is 0.947. The first-order chi connectivity index (χ1) is 18.2. The molecule has 0 fully saturated rings. The number of carbonyl (C=O) groups is 1. The van der Waals surface area contributed by atoms with E-state index in [0.29, 0.717) is 35.7 Å². The average molecular weight is 561 g/mol. The molecular weight excluding hydrogens is 537 g/mol. The zero-order chi connectivity index (χ0) is 27.0.